The van der Waals surface area contributed by atoms with Crippen molar-refractivity contribution in [2.24, 2.45) is 0 Å². The maximum Gasteiger partial charge on any atom is 0.260 e. The highest BCUT2D eigenvalue weighted by Gasteiger charge is 2.30. The molecule has 1 aliphatic rings. The third kappa shape index (κ3) is 2.63. The Hall–Kier alpha value is -1.68. The van der Waals surface area contributed by atoms with Gasteiger partial charge >= 0.3 is 0 Å². The van der Waals surface area contributed by atoms with E-state index in [1.807, 2.05) is 0 Å². The second kappa shape index (κ2) is 5.93. The number of imide groups is 1. The number of aliphatic hydroxyl groups is 1. The first kappa shape index (κ1) is 13.3. The molecule has 0 unspecified atom stereocenters. The van der Waals surface area contributed by atoms with Crippen LogP contribution in [0.2, 0.25) is 0 Å². The summed E-state index contributed by atoms with van der Waals surface area (Å²) < 4.78 is 0. The van der Waals surface area contributed by atoms with Crippen LogP contribution in [0, 0.1) is 0 Å². The van der Waals surface area contributed by atoms with Gasteiger partial charge in [-0.15, -0.1) is 0 Å². The highest BCUT2D eigenvalue weighted by Crippen LogP contribution is 2.19. The van der Waals surface area contributed by atoms with E-state index in [2.05, 4.69) is 6.58 Å². The zero-order chi connectivity index (χ0) is 12.0. The Labute approximate surface area is 89.2 Å². The summed E-state index contributed by atoms with van der Waals surface area (Å²) in [6, 6.07) is 0. The lowest BCUT2D eigenvalue weighted by Crippen LogP contribution is -2.26. The standard InChI is InChI=1S/C10H11NO2.CH4O/c1-4-5-6-8-7(2)9(12)11(3)10(8)13;1-2/h4-6H,1H2,2-3H3;2H,1H3/b6-5-;. The van der Waals surface area contributed by atoms with Gasteiger partial charge < -0.3 is 5.11 Å². The Kier molecular flexibility index (Phi) is 5.26. The van der Waals surface area contributed by atoms with Gasteiger partial charge in [0.15, 0.2) is 0 Å². The summed E-state index contributed by atoms with van der Waals surface area (Å²) in [6.07, 6.45) is 4.81. The zero-order valence-corrected chi connectivity index (χ0v) is 9.15. The molecule has 2 amide bonds. The van der Waals surface area contributed by atoms with Crippen LogP contribution in [0.1, 0.15) is 6.92 Å². The average Bonchev–Trinajstić information content (AvgIpc) is 2.45. The molecule has 0 aromatic carbocycles. The molecular formula is C11H15NO3. The van der Waals surface area contributed by atoms with Gasteiger partial charge in [0.1, 0.15) is 0 Å². The molecule has 0 atom stereocenters. The summed E-state index contributed by atoms with van der Waals surface area (Å²) in [5, 5.41) is 7.00. The van der Waals surface area contributed by atoms with Crippen molar-refractivity contribution in [3.8, 4) is 0 Å². The SMILES string of the molecule is C=C/C=C\C1=C(C)C(=O)N(C)C1=O.CO. The van der Waals surface area contributed by atoms with E-state index in [0.717, 1.165) is 12.0 Å². The van der Waals surface area contributed by atoms with E-state index in [9.17, 15) is 9.59 Å². The van der Waals surface area contributed by atoms with Crippen LogP contribution >= 0.6 is 0 Å². The van der Waals surface area contributed by atoms with Crippen molar-refractivity contribution in [2.45, 2.75) is 6.92 Å². The van der Waals surface area contributed by atoms with Crippen molar-refractivity contribution in [2.75, 3.05) is 14.2 Å². The van der Waals surface area contributed by atoms with Crippen LogP contribution < -0.4 is 0 Å². The molecule has 0 saturated carbocycles. The average molecular weight is 209 g/mol. The third-order valence-electron chi connectivity index (χ3n) is 1.96. The maximum atomic E-state index is 11.4. The number of carbonyl (C=O) groups is 2. The minimum absolute atomic E-state index is 0.228. The number of hydrogen-bond donors (Lipinski definition) is 1. The molecule has 0 spiro atoms. The van der Waals surface area contributed by atoms with Crippen molar-refractivity contribution in [1.29, 1.82) is 0 Å². The van der Waals surface area contributed by atoms with Gasteiger partial charge in [-0.25, -0.2) is 0 Å². The second-order valence-corrected chi connectivity index (χ2v) is 2.80. The van der Waals surface area contributed by atoms with Crippen molar-refractivity contribution in [1.82, 2.24) is 4.90 Å². The molecule has 0 fully saturated rings. The van der Waals surface area contributed by atoms with Crippen molar-refractivity contribution >= 4 is 11.8 Å². The number of nitrogens with zero attached hydrogens (tertiary/aromatic N) is 1. The number of hydrogen-bond acceptors (Lipinski definition) is 3. The minimum atomic E-state index is -0.249. The fourth-order valence-electron chi connectivity index (χ4n) is 1.16. The molecule has 4 heteroatoms. The fraction of sp³-hybridized carbons (Fsp3) is 0.273. The fourth-order valence-corrected chi connectivity index (χ4v) is 1.16. The summed E-state index contributed by atoms with van der Waals surface area (Å²) >= 11 is 0. The smallest absolute Gasteiger partial charge is 0.260 e. The van der Waals surface area contributed by atoms with Gasteiger partial charge in [0.25, 0.3) is 11.8 Å². The molecule has 0 aromatic heterocycles. The molecule has 1 N–H and O–H groups in total. The number of aliphatic hydroxyl groups excluding tert-OH is 1. The van der Waals surface area contributed by atoms with Crippen molar-refractivity contribution in [3.05, 3.63) is 36.0 Å². The van der Waals surface area contributed by atoms with Crippen LogP contribution in [0.15, 0.2) is 36.0 Å². The molecule has 0 bridgehead atoms. The molecule has 0 radical (unpaired) electrons. The number of carbonyl (C=O) groups excluding carboxylic acids is 2. The van der Waals surface area contributed by atoms with Crippen LogP contribution in [0.3, 0.4) is 0 Å². The van der Waals surface area contributed by atoms with Gasteiger partial charge in [-0.1, -0.05) is 18.7 Å². The lowest BCUT2D eigenvalue weighted by molar-refractivity contribution is -0.135. The van der Waals surface area contributed by atoms with Crippen LogP contribution in [0.25, 0.3) is 0 Å². The Morgan fingerprint density at radius 3 is 2.13 bits per heavy atom. The van der Waals surface area contributed by atoms with E-state index in [1.54, 1.807) is 25.2 Å². The molecule has 82 valence electrons. The van der Waals surface area contributed by atoms with E-state index in [4.69, 9.17) is 5.11 Å². The van der Waals surface area contributed by atoms with Gasteiger partial charge in [-0.3, -0.25) is 14.5 Å². The molecule has 1 heterocycles. The quantitative estimate of drug-likeness (QED) is 0.536. The van der Waals surface area contributed by atoms with Gasteiger partial charge in [0.05, 0.1) is 0 Å². The van der Waals surface area contributed by atoms with E-state index in [1.165, 1.54) is 7.05 Å². The molecule has 0 saturated heterocycles. The van der Waals surface area contributed by atoms with E-state index in [0.29, 0.717) is 11.1 Å². The minimum Gasteiger partial charge on any atom is -0.400 e. The summed E-state index contributed by atoms with van der Waals surface area (Å²) in [5.41, 5.74) is 0.943. The summed E-state index contributed by atoms with van der Waals surface area (Å²) in [4.78, 5) is 23.8. The Balaban J connectivity index is 0.000000921. The van der Waals surface area contributed by atoms with E-state index < -0.39 is 0 Å². The Bertz CT molecular complexity index is 340. The number of allylic oxidation sites excluding steroid dienone is 2. The van der Waals surface area contributed by atoms with Gasteiger partial charge in [0.2, 0.25) is 0 Å². The molecule has 4 nitrogen and oxygen atoms in total. The van der Waals surface area contributed by atoms with Crippen LogP contribution in [0.4, 0.5) is 0 Å². The van der Waals surface area contributed by atoms with Gasteiger partial charge in [-0.05, 0) is 13.0 Å². The number of amides is 2. The first-order chi connectivity index (χ1) is 7.09. The van der Waals surface area contributed by atoms with E-state index >= 15 is 0 Å². The maximum absolute atomic E-state index is 11.4. The van der Waals surface area contributed by atoms with Gasteiger partial charge in [0, 0.05) is 25.3 Å². The predicted octanol–water partition coefficient (Wildman–Crippen LogP) is 0.652. The van der Waals surface area contributed by atoms with Crippen LogP contribution in [-0.4, -0.2) is 36.0 Å². The van der Waals surface area contributed by atoms with Gasteiger partial charge in [-0.2, -0.15) is 0 Å². The molecule has 0 aliphatic carbocycles. The monoisotopic (exact) mass is 209 g/mol. The highest BCUT2D eigenvalue weighted by molar-refractivity contribution is 6.20. The topological polar surface area (TPSA) is 57.6 Å². The predicted molar refractivity (Wildman–Crippen MR) is 58.0 cm³/mol. The lowest BCUT2D eigenvalue weighted by atomic mass is 10.1. The largest absolute Gasteiger partial charge is 0.400 e. The second-order valence-electron chi connectivity index (χ2n) is 2.80. The summed E-state index contributed by atoms with van der Waals surface area (Å²) in [6.45, 7) is 5.14. The molecule has 1 rings (SSSR count). The molecule has 0 aromatic rings. The van der Waals surface area contributed by atoms with Crippen LogP contribution in [0.5, 0.6) is 0 Å². The summed E-state index contributed by atoms with van der Waals surface area (Å²) in [5.74, 6) is -0.477. The Morgan fingerprint density at radius 2 is 1.80 bits per heavy atom. The summed E-state index contributed by atoms with van der Waals surface area (Å²) in [7, 11) is 2.48. The molecular weight excluding hydrogens is 194 g/mol. The number of likely N-dealkylation sites (N-methyl/N-ethyl adjacent to an activating group) is 1. The van der Waals surface area contributed by atoms with Crippen LogP contribution in [-0.2, 0) is 9.59 Å². The third-order valence-corrected chi connectivity index (χ3v) is 1.96. The normalized spacial score (nSPS) is 15.9. The van der Waals surface area contributed by atoms with E-state index in [-0.39, 0.29) is 11.8 Å². The molecule has 1 aliphatic heterocycles. The van der Waals surface area contributed by atoms with Crippen molar-refractivity contribution in [3.63, 3.8) is 0 Å². The van der Waals surface area contributed by atoms with Crippen molar-refractivity contribution < 1.29 is 14.7 Å². The highest BCUT2D eigenvalue weighted by atomic mass is 16.2. The first-order valence-electron chi connectivity index (χ1n) is 4.36. The zero-order valence-electron chi connectivity index (χ0n) is 9.15. The number of rotatable bonds is 2. The molecule has 15 heavy (non-hydrogen) atoms. The first-order valence-corrected chi connectivity index (χ1v) is 4.36. The lowest BCUT2D eigenvalue weighted by Gasteiger charge is -2.04. The Morgan fingerprint density at radius 1 is 1.27 bits per heavy atom.